The van der Waals surface area contributed by atoms with Crippen molar-refractivity contribution in [1.82, 2.24) is 0 Å². The van der Waals surface area contributed by atoms with E-state index in [0.717, 1.165) is 17.7 Å². The Bertz CT molecular complexity index is 325. The Hall–Kier alpha value is -0.990. The minimum Gasteiger partial charge on any atom is -0.497 e. The molecule has 0 saturated heterocycles. The lowest BCUT2D eigenvalue weighted by Crippen LogP contribution is -2.09. The van der Waals surface area contributed by atoms with Crippen LogP contribution >= 0.6 is 11.6 Å². The van der Waals surface area contributed by atoms with Gasteiger partial charge in [-0.1, -0.05) is 17.7 Å². The molecule has 1 aromatic carbocycles. The van der Waals surface area contributed by atoms with Crippen LogP contribution in [-0.2, 0) is 0 Å². The van der Waals surface area contributed by atoms with Gasteiger partial charge in [0.25, 0.3) is 0 Å². The molecule has 0 heterocycles. The van der Waals surface area contributed by atoms with Crippen LogP contribution in [0.3, 0.4) is 0 Å². The fourth-order valence-electron chi connectivity index (χ4n) is 1.23. The maximum Gasteiger partial charge on any atom is 0.120 e. The lowest BCUT2D eigenvalue weighted by molar-refractivity contribution is 0.414. The maximum absolute atomic E-state index is 5.91. The fourth-order valence-corrected chi connectivity index (χ4v) is 1.47. The summed E-state index contributed by atoms with van der Waals surface area (Å²) in [6.07, 6.45) is 2.52. The van der Waals surface area contributed by atoms with Crippen molar-refractivity contribution in [1.29, 1.82) is 0 Å². The van der Waals surface area contributed by atoms with Gasteiger partial charge in [0, 0.05) is 11.1 Å². The van der Waals surface area contributed by atoms with E-state index in [-0.39, 0.29) is 6.04 Å². The van der Waals surface area contributed by atoms with Gasteiger partial charge in [-0.25, -0.2) is 0 Å². The first-order valence-electron chi connectivity index (χ1n) is 4.38. The van der Waals surface area contributed by atoms with E-state index in [9.17, 15) is 0 Å². The van der Waals surface area contributed by atoms with Gasteiger partial charge >= 0.3 is 0 Å². The molecule has 2 N–H and O–H groups in total. The number of rotatable bonds is 4. The van der Waals surface area contributed by atoms with Crippen molar-refractivity contribution in [2.75, 3.05) is 7.11 Å². The Kier molecular flexibility index (Phi) is 3.98. The van der Waals surface area contributed by atoms with Crippen LogP contribution in [0.5, 0.6) is 5.75 Å². The molecule has 0 saturated carbocycles. The lowest BCUT2D eigenvalue weighted by atomic mass is 10.0. The molecule has 1 aromatic rings. The summed E-state index contributed by atoms with van der Waals surface area (Å²) in [5.41, 5.74) is 6.88. The second kappa shape index (κ2) is 5.03. The molecule has 14 heavy (non-hydrogen) atoms. The van der Waals surface area contributed by atoms with Crippen LogP contribution in [0.15, 0.2) is 30.9 Å². The van der Waals surface area contributed by atoms with E-state index in [0.29, 0.717) is 5.02 Å². The molecule has 0 spiro atoms. The third-order valence-corrected chi connectivity index (χ3v) is 2.20. The number of hydrogen-bond donors (Lipinski definition) is 1. The van der Waals surface area contributed by atoms with E-state index >= 15 is 0 Å². The molecule has 0 aliphatic rings. The summed E-state index contributed by atoms with van der Waals surface area (Å²) in [7, 11) is 1.61. The summed E-state index contributed by atoms with van der Waals surface area (Å²) in [5.74, 6) is 0.729. The largest absolute Gasteiger partial charge is 0.497 e. The first kappa shape index (κ1) is 11.1. The van der Waals surface area contributed by atoms with Crippen molar-refractivity contribution < 1.29 is 4.74 Å². The summed E-state index contributed by atoms with van der Waals surface area (Å²) < 4.78 is 5.10. The molecule has 0 amide bonds. The Labute approximate surface area is 89.3 Å². The molecule has 0 unspecified atom stereocenters. The van der Waals surface area contributed by atoms with E-state index in [1.54, 1.807) is 19.3 Å². The van der Waals surface area contributed by atoms with Crippen molar-refractivity contribution in [2.24, 2.45) is 5.73 Å². The summed E-state index contributed by atoms with van der Waals surface area (Å²) in [4.78, 5) is 0. The molecule has 3 heteroatoms. The van der Waals surface area contributed by atoms with E-state index in [1.807, 2.05) is 12.1 Å². The van der Waals surface area contributed by atoms with Crippen LogP contribution in [0.4, 0.5) is 0 Å². The Balaban J connectivity index is 2.96. The van der Waals surface area contributed by atoms with Gasteiger partial charge in [0.05, 0.1) is 7.11 Å². The smallest absolute Gasteiger partial charge is 0.120 e. The summed E-state index contributed by atoms with van der Waals surface area (Å²) in [6.45, 7) is 3.65. The highest BCUT2D eigenvalue weighted by molar-refractivity contribution is 6.30. The minimum atomic E-state index is -0.0694. The van der Waals surface area contributed by atoms with Crippen LogP contribution in [-0.4, -0.2) is 7.11 Å². The molecule has 0 aliphatic carbocycles. The highest BCUT2D eigenvalue weighted by atomic mass is 35.5. The molecule has 0 aliphatic heterocycles. The van der Waals surface area contributed by atoms with E-state index in [1.165, 1.54) is 0 Å². The molecule has 0 fully saturated rings. The zero-order chi connectivity index (χ0) is 10.6. The first-order valence-corrected chi connectivity index (χ1v) is 4.76. The molecular weight excluding hydrogens is 198 g/mol. The van der Waals surface area contributed by atoms with Gasteiger partial charge < -0.3 is 10.5 Å². The number of hydrogen-bond acceptors (Lipinski definition) is 2. The predicted octanol–water partition coefficient (Wildman–Crippen LogP) is 2.92. The van der Waals surface area contributed by atoms with Gasteiger partial charge in [0.1, 0.15) is 5.75 Å². The second-order valence-corrected chi connectivity index (χ2v) is 3.49. The Morgan fingerprint density at radius 3 is 2.86 bits per heavy atom. The van der Waals surface area contributed by atoms with Crippen LogP contribution in [0, 0.1) is 0 Å². The number of methoxy groups -OCH3 is 1. The standard InChI is InChI=1S/C11H14ClNO/c1-3-4-11(13)8-5-9(12)7-10(6-8)14-2/h3,5-7,11H,1,4,13H2,2H3/t11-/m1/s1. The van der Waals surface area contributed by atoms with Crippen molar-refractivity contribution in [3.8, 4) is 5.75 Å². The molecule has 1 rings (SSSR count). The van der Waals surface area contributed by atoms with Crippen molar-refractivity contribution >= 4 is 11.6 Å². The molecule has 1 atom stereocenters. The average Bonchev–Trinajstić information content (AvgIpc) is 2.17. The number of ether oxygens (including phenoxy) is 1. The zero-order valence-electron chi connectivity index (χ0n) is 8.16. The van der Waals surface area contributed by atoms with Gasteiger partial charge in [-0.2, -0.15) is 0 Å². The highest BCUT2D eigenvalue weighted by Crippen LogP contribution is 2.25. The molecular formula is C11H14ClNO. The zero-order valence-corrected chi connectivity index (χ0v) is 8.92. The van der Waals surface area contributed by atoms with Crippen LogP contribution in [0.2, 0.25) is 5.02 Å². The average molecular weight is 212 g/mol. The molecule has 0 aromatic heterocycles. The van der Waals surface area contributed by atoms with Crippen molar-refractivity contribution in [3.63, 3.8) is 0 Å². The monoisotopic (exact) mass is 211 g/mol. The van der Waals surface area contributed by atoms with E-state index in [4.69, 9.17) is 22.1 Å². The Morgan fingerprint density at radius 1 is 1.57 bits per heavy atom. The normalized spacial score (nSPS) is 12.2. The highest BCUT2D eigenvalue weighted by Gasteiger charge is 2.06. The van der Waals surface area contributed by atoms with Gasteiger partial charge in [0.15, 0.2) is 0 Å². The number of halogens is 1. The SMILES string of the molecule is C=CC[C@@H](N)c1cc(Cl)cc(OC)c1. The molecule has 0 radical (unpaired) electrons. The van der Waals surface area contributed by atoms with Crippen LogP contribution in [0.1, 0.15) is 18.0 Å². The lowest BCUT2D eigenvalue weighted by Gasteiger charge is -2.11. The summed E-state index contributed by atoms with van der Waals surface area (Å²) in [6, 6.07) is 5.42. The Morgan fingerprint density at radius 2 is 2.29 bits per heavy atom. The van der Waals surface area contributed by atoms with E-state index in [2.05, 4.69) is 6.58 Å². The van der Waals surface area contributed by atoms with Crippen LogP contribution < -0.4 is 10.5 Å². The minimum absolute atomic E-state index is 0.0694. The quantitative estimate of drug-likeness (QED) is 0.778. The van der Waals surface area contributed by atoms with Crippen LogP contribution in [0.25, 0.3) is 0 Å². The first-order chi connectivity index (χ1) is 6.67. The van der Waals surface area contributed by atoms with Crippen molar-refractivity contribution in [2.45, 2.75) is 12.5 Å². The number of benzene rings is 1. The van der Waals surface area contributed by atoms with E-state index < -0.39 is 0 Å². The molecule has 0 bridgehead atoms. The third-order valence-electron chi connectivity index (χ3n) is 1.98. The molecule has 76 valence electrons. The van der Waals surface area contributed by atoms with Gasteiger partial charge in [0.2, 0.25) is 0 Å². The maximum atomic E-state index is 5.91. The molecule has 2 nitrogen and oxygen atoms in total. The van der Waals surface area contributed by atoms with Gasteiger partial charge in [-0.3, -0.25) is 0 Å². The fraction of sp³-hybridized carbons (Fsp3) is 0.273. The topological polar surface area (TPSA) is 35.2 Å². The predicted molar refractivity (Wildman–Crippen MR) is 59.7 cm³/mol. The van der Waals surface area contributed by atoms with Gasteiger partial charge in [-0.05, 0) is 30.2 Å². The summed E-state index contributed by atoms with van der Waals surface area (Å²) >= 11 is 5.91. The summed E-state index contributed by atoms with van der Waals surface area (Å²) in [5, 5.41) is 0.638. The number of nitrogens with two attached hydrogens (primary N) is 1. The third kappa shape index (κ3) is 2.76. The second-order valence-electron chi connectivity index (χ2n) is 3.06. The van der Waals surface area contributed by atoms with Crippen molar-refractivity contribution in [3.05, 3.63) is 41.4 Å². The van der Waals surface area contributed by atoms with Gasteiger partial charge in [-0.15, -0.1) is 6.58 Å².